The summed E-state index contributed by atoms with van der Waals surface area (Å²) < 4.78 is 12.7. The zero-order valence-corrected chi connectivity index (χ0v) is 8.75. The van der Waals surface area contributed by atoms with Crippen LogP contribution < -0.4 is 10.4 Å². The molecule has 2 heterocycles. The van der Waals surface area contributed by atoms with E-state index < -0.39 is 13.8 Å². The Morgan fingerprint density at radius 2 is 2.12 bits per heavy atom. The lowest BCUT2D eigenvalue weighted by atomic mass is 9.83. The molecule has 0 aromatic carbocycles. The molecule has 2 rings (SSSR count). The number of aromatic nitrogens is 2. The molecule has 1 atom stereocenters. The molecule has 1 aliphatic rings. The molecular weight excluding hydrogens is 212 g/mol. The van der Waals surface area contributed by atoms with E-state index in [1.807, 2.05) is 4.90 Å². The van der Waals surface area contributed by atoms with Crippen molar-refractivity contribution in [3.8, 4) is 0 Å². The molecule has 0 radical (unpaired) electrons. The number of alkyl halides is 1. The SMILES string of the molecule is OB(O)c1cnc(N2CCC[C@@H]2CF)nc1. The fourth-order valence-corrected chi connectivity index (χ4v) is 1.87. The molecule has 1 aromatic heterocycles. The van der Waals surface area contributed by atoms with E-state index >= 15 is 0 Å². The fraction of sp³-hybridized carbons (Fsp3) is 0.556. The van der Waals surface area contributed by atoms with Crippen molar-refractivity contribution >= 4 is 18.5 Å². The fourth-order valence-electron chi connectivity index (χ4n) is 1.87. The number of halogens is 1. The second-order valence-corrected chi connectivity index (χ2v) is 3.83. The van der Waals surface area contributed by atoms with Gasteiger partial charge in [-0.05, 0) is 12.8 Å². The predicted octanol–water partition coefficient (Wildman–Crippen LogP) is -0.905. The number of hydrogen-bond donors (Lipinski definition) is 2. The molecule has 0 amide bonds. The van der Waals surface area contributed by atoms with Gasteiger partial charge in [0.2, 0.25) is 5.95 Å². The minimum Gasteiger partial charge on any atom is -0.423 e. The predicted molar refractivity (Wildman–Crippen MR) is 58.2 cm³/mol. The van der Waals surface area contributed by atoms with E-state index in [-0.39, 0.29) is 11.5 Å². The van der Waals surface area contributed by atoms with E-state index in [0.29, 0.717) is 5.95 Å². The average molecular weight is 225 g/mol. The van der Waals surface area contributed by atoms with Crippen molar-refractivity contribution in [1.29, 1.82) is 0 Å². The van der Waals surface area contributed by atoms with Gasteiger partial charge in [0, 0.05) is 24.4 Å². The number of rotatable bonds is 3. The summed E-state index contributed by atoms with van der Waals surface area (Å²) in [6.45, 7) is 0.337. The number of nitrogens with zero attached hydrogens (tertiary/aromatic N) is 3. The molecular formula is C9H13BFN3O2. The maximum absolute atomic E-state index is 12.7. The van der Waals surface area contributed by atoms with Crippen LogP contribution in [0.25, 0.3) is 0 Å². The molecule has 2 N–H and O–H groups in total. The van der Waals surface area contributed by atoms with Crippen LogP contribution in [0.1, 0.15) is 12.8 Å². The first-order valence-electron chi connectivity index (χ1n) is 5.23. The van der Waals surface area contributed by atoms with Crippen molar-refractivity contribution < 1.29 is 14.4 Å². The second-order valence-electron chi connectivity index (χ2n) is 3.83. The Bertz CT molecular complexity index is 349. The van der Waals surface area contributed by atoms with Crippen LogP contribution in [-0.4, -0.2) is 46.4 Å². The summed E-state index contributed by atoms with van der Waals surface area (Å²) in [5, 5.41) is 17.8. The Morgan fingerprint density at radius 1 is 1.44 bits per heavy atom. The molecule has 16 heavy (non-hydrogen) atoms. The lowest BCUT2D eigenvalue weighted by Gasteiger charge is -2.21. The normalized spacial score (nSPS) is 20.2. The molecule has 1 aromatic rings. The van der Waals surface area contributed by atoms with Gasteiger partial charge in [-0.15, -0.1) is 0 Å². The summed E-state index contributed by atoms with van der Waals surface area (Å²) >= 11 is 0. The van der Waals surface area contributed by atoms with Crippen LogP contribution >= 0.6 is 0 Å². The largest absolute Gasteiger partial charge is 0.491 e. The Balaban J connectivity index is 2.15. The topological polar surface area (TPSA) is 69.5 Å². The van der Waals surface area contributed by atoms with Crippen molar-refractivity contribution in [2.24, 2.45) is 0 Å². The lowest BCUT2D eigenvalue weighted by molar-refractivity contribution is 0.423. The van der Waals surface area contributed by atoms with Gasteiger partial charge in [0.15, 0.2) is 0 Å². The van der Waals surface area contributed by atoms with Crippen LogP contribution in [0.15, 0.2) is 12.4 Å². The third-order valence-corrected chi connectivity index (χ3v) is 2.77. The standard InChI is InChI=1S/C9H13BFN3O2/c11-4-8-2-1-3-14(8)9-12-5-7(6-13-9)10(15)16/h5-6,8,15-16H,1-4H2/t8-/m1/s1. The molecule has 5 nitrogen and oxygen atoms in total. The van der Waals surface area contributed by atoms with E-state index in [4.69, 9.17) is 10.0 Å². The van der Waals surface area contributed by atoms with Crippen LogP contribution in [0, 0.1) is 0 Å². The zero-order valence-electron chi connectivity index (χ0n) is 8.75. The van der Waals surface area contributed by atoms with Crippen LogP contribution in [0.3, 0.4) is 0 Å². The van der Waals surface area contributed by atoms with Crippen LogP contribution in [0.4, 0.5) is 10.3 Å². The summed E-state index contributed by atoms with van der Waals surface area (Å²) in [5.74, 6) is 0.449. The molecule has 86 valence electrons. The van der Waals surface area contributed by atoms with Gasteiger partial charge in [-0.3, -0.25) is 0 Å². The first-order valence-corrected chi connectivity index (χ1v) is 5.23. The Morgan fingerprint density at radius 3 is 2.69 bits per heavy atom. The second kappa shape index (κ2) is 4.75. The molecule has 0 bridgehead atoms. The van der Waals surface area contributed by atoms with Crippen LogP contribution in [0.5, 0.6) is 0 Å². The summed E-state index contributed by atoms with van der Waals surface area (Å²) in [5.41, 5.74) is 0.236. The molecule has 0 spiro atoms. The number of anilines is 1. The van der Waals surface area contributed by atoms with Gasteiger partial charge in [-0.1, -0.05) is 0 Å². The molecule has 0 saturated carbocycles. The molecule has 1 aliphatic heterocycles. The third kappa shape index (κ3) is 2.15. The minimum atomic E-state index is -1.57. The quantitative estimate of drug-likeness (QED) is 0.652. The van der Waals surface area contributed by atoms with Crippen molar-refractivity contribution in [2.75, 3.05) is 18.1 Å². The molecule has 0 unspecified atom stereocenters. The van der Waals surface area contributed by atoms with E-state index in [1.165, 1.54) is 12.4 Å². The maximum Gasteiger partial charge on any atom is 0.491 e. The van der Waals surface area contributed by atoms with E-state index in [0.717, 1.165) is 19.4 Å². The van der Waals surface area contributed by atoms with Gasteiger partial charge in [0.05, 0.1) is 6.04 Å². The van der Waals surface area contributed by atoms with E-state index in [2.05, 4.69) is 9.97 Å². The Labute approximate surface area is 93.1 Å². The number of hydrogen-bond acceptors (Lipinski definition) is 5. The highest BCUT2D eigenvalue weighted by Crippen LogP contribution is 2.21. The minimum absolute atomic E-state index is 0.148. The summed E-state index contributed by atoms with van der Waals surface area (Å²) in [7, 11) is -1.57. The van der Waals surface area contributed by atoms with Crippen molar-refractivity contribution in [2.45, 2.75) is 18.9 Å². The van der Waals surface area contributed by atoms with Crippen molar-refractivity contribution in [1.82, 2.24) is 9.97 Å². The van der Waals surface area contributed by atoms with Crippen LogP contribution in [0.2, 0.25) is 0 Å². The highest BCUT2D eigenvalue weighted by molar-refractivity contribution is 6.58. The summed E-state index contributed by atoms with van der Waals surface area (Å²) in [6.07, 6.45) is 4.44. The van der Waals surface area contributed by atoms with E-state index in [9.17, 15) is 4.39 Å². The van der Waals surface area contributed by atoms with Gasteiger partial charge in [0.25, 0.3) is 0 Å². The molecule has 0 aliphatic carbocycles. The maximum atomic E-state index is 12.7. The van der Waals surface area contributed by atoms with Gasteiger partial charge in [-0.2, -0.15) is 0 Å². The summed E-state index contributed by atoms with van der Waals surface area (Å²) in [6, 6.07) is -0.148. The highest BCUT2D eigenvalue weighted by Gasteiger charge is 2.26. The van der Waals surface area contributed by atoms with E-state index in [1.54, 1.807) is 0 Å². The average Bonchev–Trinajstić information content (AvgIpc) is 2.77. The van der Waals surface area contributed by atoms with Crippen molar-refractivity contribution in [3.63, 3.8) is 0 Å². The lowest BCUT2D eigenvalue weighted by Crippen LogP contribution is -2.35. The zero-order chi connectivity index (χ0) is 11.5. The first-order chi connectivity index (χ1) is 7.72. The monoisotopic (exact) mass is 225 g/mol. The Hall–Kier alpha value is -1.21. The van der Waals surface area contributed by atoms with Gasteiger partial charge in [0.1, 0.15) is 6.67 Å². The van der Waals surface area contributed by atoms with Gasteiger partial charge >= 0.3 is 7.12 Å². The van der Waals surface area contributed by atoms with Gasteiger partial charge < -0.3 is 14.9 Å². The highest BCUT2D eigenvalue weighted by atomic mass is 19.1. The van der Waals surface area contributed by atoms with Gasteiger partial charge in [-0.25, -0.2) is 14.4 Å². The molecule has 1 saturated heterocycles. The molecule has 7 heteroatoms. The van der Waals surface area contributed by atoms with Crippen LogP contribution in [-0.2, 0) is 0 Å². The Kier molecular flexibility index (Phi) is 3.35. The third-order valence-electron chi connectivity index (χ3n) is 2.77. The summed E-state index contributed by atoms with van der Waals surface area (Å²) in [4.78, 5) is 9.83. The smallest absolute Gasteiger partial charge is 0.423 e. The molecule has 1 fully saturated rings. The first kappa shape index (κ1) is 11.3. The van der Waals surface area contributed by atoms with Crippen molar-refractivity contribution in [3.05, 3.63) is 12.4 Å².